The molecule has 0 radical (unpaired) electrons. The summed E-state index contributed by atoms with van der Waals surface area (Å²) in [6, 6.07) is 12.5. The maximum absolute atomic E-state index is 5.81. The van der Waals surface area contributed by atoms with Crippen LogP contribution in [0.25, 0.3) is 11.1 Å². The van der Waals surface area contributed by atoms with Crippen molar-refractivity contribution in [3.63, 3.8) is 0 Å². The minimum Gasteiger partial charge on any atom is -0.494 e. The number of ether oxygens (including phenoxy) is 2. The van der Waals surface area contributed by atoms with Gasteiger partial charge in [-0.05, 0) is 56.5 Å². The minimum atomic E-state index is 0.674. The number of hydrogen-bond acceptors (Lipinski definition) is 2. The Morgan fingerprint density at radius 3 is 2.25 bits per heavy atom. The third-order valence-electron chi connectivity index (χ3n) is 3.29. The molecule has 0 saturated heterocycles. The second-order valence-electron chi connectivity index (χ2n) is 4.80. The molecule has 106 valence electrons. The Morgan fingerprint density at radius 2 is 1.60 bits per heavy atom. The Kier molecular flexibility index (Phi) is 4.67. The van der Waals surface area contributed by atoms with Crippen LogP contribution in [0, 0.1) is 13.8 Å². The van der Waals surface area contributed by atoms with Crippen LogP contribution in [0.1, 0.15) is 25.0 Å². The number of aryl methyl sites for hydroxylation is 2. The van der Waals surface area contributed by atoms with E-state index in [4.69, 9.17) is 9.47 Å². The second-order valence-corrected chi connectivity index (χ2v) is 4.80. The Bertz CT molecular complexity index is 588. The van der Waals surface area contributed by atoms with Gasteiger partial charge in [0, 0.05) is 5.56 Å². The fourth-order valence-electron chi connectivity index (χ4n) is 2.35. The second kappa shape index (κ2) is 6.47. The Morgan fingerprint density at radius 1 is 0.850 bits per heavy atom. The van der Waals surface area contributed by atoms with Gasteiger partial charge in [-0.3, -0.25) is 0 Å². The van der Waals surface area contributed by atoms with Gasteiger partial charge in [0.15, 0.2) is 0 Å². The molecule has 0 spiro atoms. The number of rotatable bonds is 5. The van der Waals surface area contributed by atoms with Crippen molar-refractivity contribution in [1.29, 1.82) is 0 Å². The molecule has 2 nitrogen and oxygen atoms in total. The van der Waals surface area contributed by atoms with Crippen molar-refractivity contribution in [1.82, 2.24) is 0 Å². The van der Waals surface area contributed by atoms with E-state index < -0.39 is 0 Å². The molecule has 0 atom stereocenters. The zero-order valence-electron chi connectivity index (χ0n) is 12.7. The molecule has 0 aliphatic rings. The summed E-state index contributed by atoms with van der Waals surface area (Å²) in [6.45, 7) is 9.53. The minimum absolute atomic E-state index is 0.674. The smallest absolute Gasteiger partial charge is 0.129 e. The molecule has 0 unspecified atom stereocenters. The van der Waals surface area contributed by atoms with Gasteiger partial charge in [0.1, 0.15) is 11.5 Å². The van der Waals surface area contributed by atoms with Crippen molar-refractivity contribution in [3.05, 3.63) is 47.5 Å². The van der Waals surface area contributed by atoms with E-state index in [1.54, 1.807) is 0 Å². The highest BCUT2D eigenvalue weighted by Gasteiger charge is 2.10. The fourth-order valence-corrected chi connectivity index (χ4v) is 2.35. The first-order chi connectivity index (χ1) is 9.67. The van der Waals surface area contributed by atoms with Gasteiger partial charge < -0.3 is 9.47 Å². The summed E-state index contributed by atoms with van der Waals surface area (Å²) in [5.74, 6) is 1.92. The van der Waals surface area contributed by atoms with E-state index in [1.165, 1.54) is 0 Å². The Balaban J connectivity index is 2.46. The quantitative estimate of drug-likeness (QED) is 0.779. The lowest BCUT2D eigenvalue weighted by molar-refractivity contribution is 0.337. The number of para-hydroxylation sites is 1. The van der Waals surface area contributed by atoms with Crippen molar-refractivity contribution >= 4 is 0 Å². The molecule has 0 bridgehead atoms. The molecular weight excluding hydrogens is 248 g/mol. The Hall–Kier alpha value is -1.96. The van der Waals surface area contributed by atoms with E-state index in [0.29, 0.717) is 13.2 Å². The van der Waals surface area contributed by atoms with Crippen molar-refractivity contribution in [2.75, 3.05) is 13.2 Å². The summed E-state index contributed by atoms with van der Waals surface area (Å²) in [7, 11) is 0. The predicted octanol–water partition coefficient (Wildman–Crippen LogP) is 4.77. The SMILES string of the molecule is CCOc1ccc(-c2cccc(C)c2OCC)cc1C. The zero-order valence-corrected chi connectivity index (χ0v) is 12.7. The van der Waals surface area contributed by atoms with E-state index >= 15 is 0 Å². The number of benzene rings is 2. The van der Waals surface area contributed by atoms with Gasteiger partial charge >= 0.3 is 0 Å². The van der Waals surface area contributed by atoms with E-state index in [1.807, 2.05) is 19.9 Å². The van der Waals surface area contributed by atoms with Gasteiger partial charge in [0.25, 0.3) is 0 Å². The van der Waals surface area contributed by atoms with Crippen LogP contribution in [-0.2, 0) is 0 Å². The lowest BCUT2D eigenvalue weighted by Gasteiger charge is -2.14. The standard InChI is InChI=1S/C18H22O2/c1-5-19-17-11-10-15(12-14(17)4)16-9-7-8-13(3)18(16)20-6-2/h7-12H,5-6H2,1-4H3. The summed E-state index contributed by atoms with van der Waals surface area (Å²) < 4.78 is 11.4. The molecule has 0 fully saturated rings. The molecule has 20 heavy (non-hydrogen) atoms. The molecule has 0 aromatic heterocycles. The molecule has 0 aliphatic heterocycles. The molecule has 0 aliphatic carbocycles. The topological polar surface area (TPSA) is 18.5 Å². The summed E-state index contributed by atoms with van der Waals surface area (Å²) in [5, 5.41) is 0. The molecular formula is C18H22O2. The average Bonchev–Trinajstić information content (AvgIpc) is 2.44. The highest BCUT2D eigenvalue weighted by molar-refractivity contribution is 5.73. The molecule has 2 rings (SSSR count). The monoisotopic (exact) mass is 270 g/mol. The molecule has 0 heterocycles. The van der Waals surface area contributed by atoms with Gasteiger partial charge in [0.2, 0.25) is 0 Å². The molecule has 2 aromatic rings. The first kappa shape index (κ1) is 14.4. The number of hydrogen-bond donors (Lipinski definition) is 0. The maximum atomic E-state index is 5.81. The van der Waals surface area contributed by atoms with Gasteiger partial charge in [-0.15, -0.1) is 0 Å². The van der Waals surface area contributed by atoms with Crippen molar-refractivity contribution in [3.8, 4) is 22.6 Å². The van der Waals surface area contributed by atoms with E-state index in [-0.39, 0.29) is 0 Å². The van der Waals surface area contributed by atoms with E-state index in [0.717, 1.165) is 33.8 Å². The van der Waals surface area contributed by atoms with Crippen LogP contribution < -0.4 is 9.47 Å². The summed E-state index contributed by atoms with van der Waals surface area (Å²) in [5.41, 5.74) is 4.61. The third kappa shape index (κ3) is 2.96. The molecule has 0 N–H and O–H groups in total. The van der Waals surface area contributed by atoms with Crippen molar-refractivity contribution in [2.24, 2.45) is 0 Å². The van der Waals surface area contributed by atoms with E-state index in [9.17, 15) is 0 Å². The highest BCUT2D eigenvalue weighted by Crippen LogP contribution is 2.35. The molecule has 0 saturated carbocycles. The maximum Gasteiger partial charge on any atom is 0.129 e. The first-order valence-corrected chi connectivity index (χ1v) is 7.13. The van der Waals surface area contributed by atoms with Gasteiger partial charge in [-0.2, -0.15) is 0 Å². The van der Waals surface area contributed by atoms with Crippen LogP contribution >= 0.6 is 0 Å². The predicted molar refractivity (Wildman–Crippen MR) is 83.7 cm³/mol. The van der Waals surface area contributed by atoms with Crippen molar-refractivity contribution < 1.29 is 9.47 Å². The van der Waals surface area contributed by atoms with Gasteiger partial charge in [-0.25, -0.2) is 0 Å². The van der Waals surface area contributed by atoms with Crippen LogP contribution in [0.4, 0.5) is 0 Å². The largest absolute Gasteiger partial charge is 0.494 e. The van der Waals surface area contributed by atoms with Crippen LogP contribution in [0.5, 0.6) is 11.5 Å². The summed E-state index contributed by atoms with van der Waals surface area (Å²) in [6.07, 6.45) is 0. The fraction of sp³-hybridized carbons (Fsp3) is 0.333. The van der Waals surface area contributed by atoms with Gasteiger partial charge in [-0.1, -0.05) is 24.3 Å². The zero-order chi connectivity index (χ0) is 14.5. The lowest BCUT2D eigenvalue weighted by Crippen LogP contribution is -1.97. The van der Waals surface area contributed by atoms with Crippen LogP contribution in [-0.4, -0.2) is 13.2 Å². The average molecular weight is 270 g/mol. The molecule has 2 aromatic carbocycles. The van der Waals surface area contributed by atoms with E-state index in [2.05, 4.69) is 44.2 Å². The molecule has 2 heteroatoms. The highest BCUT2D eigenvalue weighted by atomic mass is 16.5. The molecule has 0 amide bonds. The normalized spacial score (nSPS) is 10.4. The summed E-state index contributed by atoms with van der Waals surface area (Å²) >= 11 is 0. The van der Waals surface area contributed by atoms with Crippen LogP contribution in [0.3, 0.4) is 0 Å². The van der Waals surface area contributed by atoms with Crippen LogP contribution in [0.2, 0.25) is 0 Å². The Labute approximate surface area is 121 Å². The van der Waals surface area contributed by atoms with Crippen molar-refractivity contribution in [2.45, 2.75) is 27.7 Å². The third-order valence-corrected chi connectivity index (χ3v) is 3.29. The first-order valence-electron chi connectivity index (χ1n) is 7.13. The van der Waals surface area contributed by atoms with Crippen LogP contribution in [0.15, 0.2) is 36.4 Å². The lowest BCUT2D eigenvalue weighted by atomic mass is 10.00. The van der Waals surface area contributed by atoms with Gasteiger partial charge in [0.05, 0.1) is 13.2 Å². The summed E-state index contributed by atoms with van der Waals surface area (Å²) in [4.78, 5) is 0.